The van der Waals surface area contributed by atoms with Crippen molar-refractivity contribution in [3.8, 4) is 0 Å². The molecule has 0 bridgehead atoms. The number of β-lactam (4-membered cyclic amide) rings is 1. The van der Waals surface area contributed by atoms with Gasteiger partial charge < -0.3 is 19.1 Å². The number of sulfone groups is 1. The summed E-state index contributed by atoms with van der Waals surface area (Å²) in [6.45, 7) is 2.67. The van der Waals surface area contributed by atoms with Gasteiger partial charge in [-0.15, -0.1) is 0 Å². The Kier molecular flexibility index (Phi) is 4.96. The molecule has 28 heavy (non-hydrogen) atoms. The standard InChI is InChI=1S/C18H21NO8S/c1-18(2)13(19-14(20)12(25-3)15(19)28(18,23)24)17(22)27-9-10-5-7-11(8-6-10)16(21)26-4/h5-8,12-13,15H,9H2,1-4H3/t12-,13-,15+/m0/s1. The average molecular weight is 411 g/mol. The van der Waals surface area contributed by atoms with Crippen LogP contribution in [0, 0.1) is 0 Å². The van der Waals surface area contributed by atoms with Crippen molar-refractivity contribution in [2.75, 3.05) is 14.2 Å². The van der Waals surface area contributed by atoms with E-state index >= 15 is 0 Å². The molecule has 0 aliphatic carbocycles. The van der Waals surface area contributed by atoms with Gasteiger partial charge in [0.05, 0.1) is 12.7 Å². The second kappa shape index (κ2) is 6.85. The molecule has 2 aliphatic heterocycles. The highest BCUT2D eigenvalue weighted by Crippen LogP contribution is 2.47. The van der Waals surface area contributed by atoms with Gasteiger partial charge in [0, 0.05) is 7.11 Å². The van der Waals surface area contributed by atoms with Crippen molar-refractivity contribution in [1.29, 1.82) is 0 Å². The number of ether oxygens (including phenoxy) is 3. The Morgan fingerprint density at radius 2 is 1.75 bits per heavy atom. The van der Waals surface area contributed by atoms with Gasteiger partial charge in [0.15, 0.2) is 21.3 Å². The van der Waals surface area contributed by atoms with Crippen LogP contribution < -0.4 is 0 Å². The molecule has 9 nitrogen and oxygen atoms in total. The normalized spacial score (nSPS) is 26.9. The summed E-state index contributed by atoms with van der Waals surface area (Å²) in [5, 5.41) is -1.18. The first-order chi connectivity index (χ1) is 13.1. The van der Waals surface area contributed by atoms with Crippen LogP contribution in [0.15, 0.2) is 24.3 Å². The third kappa shape index (κ3) is 2.78. The number of carbonyl (C=O) groups is 3. The molecule has 1 aromatic carbocycles. The summed E-state index contributed by atoms with van der Waals surface area (Å²) in [5.41, 5.74) is 0.945. The summed E-state index contributed by atoms with van der Waals surface area (Å²) >= 11 is 0. The zero-order chi connectivity index (χ0) is 20.9. The van der Waals surface area contributed by atoms with Crippen molar-refractivity contribution in [3.63, 3.8) is 0 Å². The van der Waals surface area contributed by atoms with Crippen molar-refractivity contribution in [2.24, 2.45) is 0 Å². The van der Waals surface area contributed by atoms with E-state index in [4.69, 9.17) is 9.47 Å². The first kappa shape index (κ1) is 20.3. The Morgan fingerprint density at radius 1 is 1.14 bits per heavy atom. The number of nitrogens with zero attached hydrogens (tertiary/aromatic N) is 1. The van der Waals surface area contributed by atoms with Crippen LogP contribution in [0.4, 0.5) is 0 Å². The molecular formula is C18H21NO8S. The molecule has 0 spiro atoms. The molecule has 3 atom stereocenters. The molecular weight excluding hydrogens is 390 g/mol. The van der Waals surface area contributed by atoms with Gasteiger partial charge in [-0.3, -0.25) is 4.79 Å². The molecule has 0 saturated carbocycles. The van der Waals surface area contributed by atoms with Crippen LogP contribution in [-0.2, 0) is 40.2 Å². The van der Waals surface area contributed by atoms with E-state index in [1.807, 2.05) is 0 Å². The van der Waals surface area contributed by atoms with E-state index in [-0.39, 0.29) is 6.61 Å². The minimum Gasteiger partial charge on any atom is -0.465 e. The second-order valence-electron chi connectivity index (χ2n) is 7.14. The van der Waals surface area contributed by atoms with E-state index < -0.39 is 49.9 Å². The largest absolute Gasteiger partial charge is 0.465 e. The number of carbonyl (C=O) groups excluding carboxylic acids is 3. The van der Waals surface area contributed by atoms with Crippen LogP contribution in [0.25, 0.3) is 0 Å². The molecule has 2 heterocycles. The molecule has 2 saturated heterocycles. The molecule has 1 aromatic rings. The Balaban J connectivity index is 1.75. The average Bonchev–Trinajstić information content (AvgIpc) is 2.80. The Morgan fingerprint density at radius 3 is 2.29 bits per heavy atom. The zero-order valence-electron chi connectivity index (χ0n) is 15.9. The molecule has 0 unspecified atom stereocenters. The van der Waals surface area contributed by atoms with Crippen LogP contribution in [-0.4, -0.2) is 67.6 Å². The number of esters is 2. The maximum absolute atomic E-state index is 12.8. The maximum atomic E-state index is 12.8. The molecule has 1 amide bonds. The van der Waals surface area contributed by atoms with Gasteiger partial charge in [0.1, 0.15) is 17.4 Å². The fourth-order valence-corrected chi connectivity index (χ4v) is 5.77. The highest BCUT2D eigenvalue weighted by atomic mass is 32.2. The highest BCUT2D eigenvalue weighted by Gasteiger charge is 2.72. The van der Waals surface area contributed by atoms with Gasteiger partial charge >= 0.3 is 11.9 Å². The van der Waals surface area contributed by atoms with E-state index in [1.165, 1.54) is 40.2 Å². The predicted octanol–water partition coefficient (Wildman–Crippen LogP) is 0.275. The Hall–Kier alpha value is -2.46. The molecule has 0 aromatic heterocycles. The summed E-state index contributed by atoms with van der Waals surface area (Å²) in [7, 11) is -1.30. The van der Waals surface area contributed by atoms with E-state index in [9.17, 15) is 22.8 Å². The fourth-order valence-electron chi connectivity index (χ4n) is 3.55. The first-order valence-corrected chi connectivity index (χ1v) is 10.0. The molecule has 152 valence electrons. The van der Waals surface area contributed by atoms with E-state index in [1.54, 1.807) is 12.1 Å². The SMILES string of the molecule is COC(=O)c1ccc(COC(=O)[C@@H]2N3C(=O)[C@H](OC)[C@H]3S(=O)(=O)C2(C)C)cc1. The number of benzene rings is 1. The third-order valence-corrected chi connectivity index (χ3v) is 8.05. The monoisotopic (exact) mass is 411 g/mol. The van der Waals surface area contributed by atoms with Crippen molar-refractivity contribution < 1.29 is 37.0 Å². The molecule has 10 heteroatoms. The summed E-state index contributed by atoms with van der Waals surface area (Å²) in [4.78, 5) is 37.4. The Labute approximate surface area is 162 Å². The lowest BCUT2D eigenvalue weighted by Gasteiger charge is -2.41. The first-order valence-electron chi connectivity index (χ1n) is 8.50. The zero-order valence-corrected chi connectivity index (χ0v) is 16.7. The number of hydrogen-bond acceptors (Lipinski definition) is 8. The summed E-state index contributed by atoms with van der Waals surface area (Å²) in [5.74, 6) is -1.85. The summed E-state index contributed by atoms with van der Waals surface area (Å²) in [6.07, 6.45) is -1.10. The second-order valence-corrected chi connectivity index (χ2v) is 9.76. The molecule has 2 aliphatic rings. The lowest BCUT2D eigenvalue weighted by atomic mass is 9.97. The van der Waals surface area contributed by atoms with Crippen molar-refractivity contribution in [2.45, 2.75) is 42.7 Å². The molecule has 0 radical (unpaired) electrons. The minimum absolute atomic E-state index is 0.132. The van der Waals surface area contributed by atoms with Crippen molar-refractivity contribution in [1.82, 2.24) is 4.90 Å². The van der Waals surface area contributed by atoms with Gasteiger partial charge in [-0.25, -0.2) is 18.0 Å². The number of amides is 1. The summed E-state index contributed by atoms with van der Waals surface area (Å²) in [6, 6.07) is 4.98. The van der Waals surface area contributed by atoms with E-state index in [2.05, 4.69) is 4.74 Å². The number of rotatable bonds is 5. The fraction of sp³-hybridized carbons (Fsp3) is 0.500. The molecule has 0 N–H and O–H groups in total. The van der Waals surface area contributed by atoms with Crippen LogP contribution in [0.2, 0.25) is 0 Å². The number of hydrogen-bond donors (Lipinski definition) is 0. The smallest absolute Gasteiger partial charge is 0.337 e. The third-order valence-electron chi connectivity index (χ3n) is 5.25. The van der Waals surface area contributed by atoms with Crippen LogP contribution in [0.3, 0.4) is 0 Å². The number of methoxy groups -OCH3 is 2. The minimum atomic E-state index is -3.83. The Bertz CT molecular complexity index is 921. The topological polar surface area (TPSA) is 116 Å². The van der Waals surface area contributed by atoms with Gasteiger partial charge in [-0.2, -0.15) is 0 Å². The van der Waals surface area contributed by atoms with Gasteiger partial charge in [0.2, 0.25) is 0 Å². The van der Waals surface area contributed by atoms with Gasteiger partial charge in [-0.05, 0) is 31.5 Å². The summed E-state index contributed by atoms with van der Waals surface area (Å²) < 4.78 is 38.9. The van der Waals surface area contributed by atoms with E-state index in [0.29, 0.717) is 11.1 Å². The van der Waals surface area contributed by atoms with Crippen molar-refractivity contribution >= 4 is 27.7 Å². The highest BCUT2D eigenvalue weighted by molar-refractivity contribution is 7.94. The maximum Gasteiger partial charge on any atom is 0.337 e. The van der Waals surface area contributed by atoms with Crippen LogP contribution in [0.5, 0.6) is 0 Å². The lowest BCUT2D eigenvalue weighted by Crippen LogP contribution is -2.67. The van der Waals surface area contributed by atoms with Crippen LogP contribution >= 0.6 is 0 Å². The van der Waals surface area contributed by atoms with Gasteiger partial charge in [-0.1, -0.05) is 12.1 Å². The quantitative estimate of drug-likeness (QED) is 0.501. The molecule has 3 rings (SSSR count). The van der Waals surface area contributed by atoms with E-state index in [0.717, 1.165) is 4.90 Å². The predicted molar refractivity (Wildman–Crippen MR) is 95.8 cm³/mol. The van der Waals surface area contributed by atoms with Crippen LogP contribution in [0.1, 0.15) is 29.8 Å². The van der Waals surface area contributed by atoms with Gasteiger partial charge in [0.25, 0.3) is 5.91 Å². The molecule has 2 fully saturated rings. The number of fused-ring (bicyclic) bond motifs is 1. The van der Waals surface area contributed by atoms with Crippen molar-refractivity contribution in [3.05, 3.63) is 35.4 Å². The lowest BCUT2D eigenvalue weighted by molar-refractivity contribution is -0.175.